The molecule has 10 nitrogen and oxygen atoms in total. The molecule has 1 amide bonds. The Labute approximate surface area is 158 Å². The zero-order valence-electron chi connectivity index (χ0n) is 14.7. The van der Waals surface area contributed by atoms with Crippen molar-refractivity contribution in [2.75, 3.05) is 19.0 Å². The number of carbonyl (C=O) groups excluding carboxylic acids is 2. The number of amides is 1. The molecule has 144 valence electrons. The maximum Gasteiger partial charge on any atom is 0.312 e. The van der Waals surface area contributed by atoms with Crippen LogP contribution in [0.1, 0.15) is 5.69 Å². The molecular weight excluding hydrogens is 370 g/mol. The van der Waals surface area contributed by atoms with E-state index < -0.39 is 23.4 Å². The summed E-state index contributed by atoms with van der Waals surface area (Å²) in [6, 6.07) is 10.8. The van der Waals surface area contributed by atoms with Gasteiger partial charge in [0.2, 0.25) is 0 Å². The number of hydrogen-bond donors (Lipinski definition) is 1. The summed E-state index contributed by atoms with van der Waals surface area (Å²) in [5.74, 6) is -1.10. The maximum absolute atomic E-state index is 12.0. The van der Waals surface area contributed by atoms with Gasteiger partial charge in [-0.3, -0.25) is 19.7 Å². The Bertz CT molecular complexity index is 1040. The van der Waals surface area contributed by atoms with Gasteiger partial charge in [0.15, 0.2) is 12.2 Å². The van der Waals surface area contributed by atoms with E-state index in [9.17, 15) is 19.7 Å². The van der Waals surface area contributed by atoms with Gasteiger partial charge < -0.3 is 19.3 Å². The molecule has 0 saturated heterocycles. The fourth-order valence-electron chi connectivity index (χ4n) is 2.49. The topological polar surface area (TPSA) is 134 Å². The Morgan fingerprint density at radius 3 is 2.79 bits per heavy atom. The Hall–Kier alpha value is -3.95. The zero-order chi connectivity index (χ0) is 20.1. The third-order valence-electron chi connectivity index (χ3n) is 3.80. The second-order valence-electron chi connectivity index (χ2n) is 5.65. The number of nitrogens with zero attached hydrogens (tertiary/aromatic N) is 2. The smallest absolute Gasteiger partial charge is 0.312 e. The summed E-state index contributed by atoms with van der Waals surface area (Å²) in [6.45, 7) is -0.569. The van der Waals surface area contributed by atoms with Gasteiger partial charge in [0, 0.05) is 17.5 Å². The van der Waals surface area contributed by atoms with Crippen LogP contribution in [-0.2, 0) is 20.7 Å². The average Bonchev–Trinajstić information content (AvgIpc) is 3.09. The van der Waals surface area contributed by atoms with Gasteiger partial charge in [-0.2, -0.15) is 0 Å². The molecule has 1 N–H and O–H groups in total. The lowest BCUT2D eigenvalue weighted by molar-refractivity contribution is -0.384. The van der Waals surface area contributed by atoms with Crippen molar-refractivity contribution >= 4 is 34.2 Å². The number of carbonyl (C=O) groups is 2. The highest BCUT2D eigenvalue weighted by Gasteiger charge is 2.17. The van der Waals surface area contributed by atoms with Crippen LogP contribution in [0.2, 0.25) is 0 Å². The lowest BCUT2D eigenvalue weighted by Gasteiger charge is -2.10. The zero-order valence-corrected chi connectivity index (χ0v) is 14.7. The lowest BCUT2D eigenvalue weighted by atomic mass is 10.2. The molecule has 0 saturated carbocycles. The van der Waals surface area contributed by atoms with Crippen LogP contribution < -0.4 is 10.1 Å². The Morgan fingerprint density at radius 2 is 2.04 bits per heavy atom. The second kappa shape index (κ2) is 8.16. The molecule has 0 aliphatic heterocycles. The van der Waals surface area contributed by atoms with Crippen LogP contribution >= 0.6 is 0 Å². The predicted molar refractivity (Wildman–Crippen MR) is 97.0 cm³/mol. The number of nitro groups is 1. The number of aromatic nitrogens is 1. The van der Waals surface area contributed by atoms with Crippen LogP contribution in [0.25, 0.3) is 11.0 Å². The van der Waals surface area contributed by atoms with E-state index in [1.54, 1.807) is 24.3 Å². The van der Waals surface area contributed by atoms with Gasteiger partial charge in [-0.05, 0) is 18.2 Å². The van der Waals surface area contributed by atoms with E-state index in [4.69, 9.17) is 14.0 Å². The molecule has 2 aromatic carbocycles. The van der Waals surface area contributed by atoms with Gasteiger partial charge in [-0.1, -0.05) is 17.3 Å². The summed E-state index contributed by atoms with van der Waals surface area (Å²) in [5.41, 5.74) is 0.827. The molecule has 0 radical (unpaired) electrons. The molecule has 1 heterocycles. The highest BCUT2D eigenvalue weighted by atomic mass is 16.6. The number of methoxy groups -OCH3 is 1. The number of ether oxygens (including phenoxy) is 2. The Morgan fingerprint density at radius 1 is 1.25 bits per heavy atom. The van der Waals surface area contributed by atoms with Gasteiger partial charge in [0.05, 0.1) is 24.1 Å². The van der Waals surface area contributed by atoms with E-state index in [0.717, 1.165) is 6.07 Å². The summed E-state index contributed by atoms with van der Waals surface area (Å²) < 4.78 is 15.1. The molecule has 0 bridgehead atoms. The first-order valence-corrected chi connectivity index (χ1v) is 8.09. The Kier molecular flexibility index (Phi) is 5.49. The standard InChI is InChI=1S/C18H15N3O7/c1-26-16-7-6-11(21(24)25)8-14(16)19-17(22)10-27-18(23)9-13-12-4-2-3-5-15(12)28-20-13/h2-8H,9-10H2,1H3,(H,19,22). The number of para-hydroxylation sites is 1. The van der Waals surface area contributed by atoms with E-state index in [2.05, 4.69) is 10.5 Å². The van der Waals surface area contributed by atoms with Crippen molar-refractivity contribution < 1.29 is 28.5 Å². The largest absolute Gasteiger partial charge is 0.495 e. The number of esters is 1. The molecule has 0 spiro atoms. The summed E-state index contributed by atoms with van der Waals surface area (Å²) in [7, 11) is 1.36. The minimum Gasteiger partial charge on any atom is -0.495 e. The lowest BCUT2D eigenvalue weighted by Crippen LogP contribution is -2.22. The third-order valence-corrected chi connectivity index (χ3v) is 3.80. The number of hydrogen-bond acceptors (Lipinski definition) is 8. The number of nitro benzene ring substituents is 1. The molecule has 0 unspecified atom stereocenters. The summed E-state index contributed by atoms with van der Waals surface area (Å²) in [5, 5.41) is 17.8. The molecule has 3 aromatic rings. The molecule has 0 aliphatic carbocycles. The maximum atomic E-state index is 12.0. The SMILES string of the molecule is COc1ccc([N+](=O)[O-])cc1NC(=O)COC(=O)Cc1noc2ccccc12. The number of nitrogens with one attached hydrogen (secondary N) is 1. The average molecular weight is 385 g/mol. The molecule has 0 atom stereocenters. The molecule has 3 rings (SSSR count). The number of rotatable bonds is 7. The molecular formula is C18H15N3O7. The van der Waals surface area contributed by atoms with E-state index >= 15 is 0 Å². The molecule has 28 heavy (non-hydrogen) atoms. The minimum atomic E-state index is -0.669. The van der Waals surface area contributed by atoms with Gasteiger partial charge in [-0.25, -0.2) is 0 Å². The number of benzene rings is 2. The van der Waals surface area contributed by atoms with E-state index in [-0.39, 0.29) is 23.5 Å². The predicted octanol–water partition coefficient (Wildman–Crippen LogP) is 2.47. The van der Waals surface area contributed by atoms with Crippen LogP contribution in [0.15, 0.2) is 47.0 Å². The number of non-ortho nitro benzene ring substituents is 1. The van der Waals surface area contributed by atoms with Crippen molar-refractivity contribution in [3.05, 3.63) is 58.3 Å². The molecule has 1 aromatic heterocycles. The van der Waals surface area contributed by atoms with Crippen molar-refractivity contribution in [2.24, 2.45) is 0 Å². The second-order valence-corrected chi connectivity index (χ2v) is 5.65. The van der Waals surface area contributed by atoms with Gasteiger partial charge in [0.25, 0.3) is 11.6 Å². The Balaban J connectivity index is 1.59. The molecule has 10 heteroatoms. The van der Waals surface area contributed by atoms with Crippen molar-refractivity contribution in [3.63, 3.8) is 0 Å². The van der Waals surface area contributed by atoms with Crippen molar-refractivity contribution in [3.8, 4) is 5.75 Å². The monoisotopic (exact) mass is 385 g/mol. The fourth-order valence-corrected chi connectivity index (χ4v) is 2.49. The van der Waals surface area contributed by atoms with Crippen molar-refractivity contribution in [1.82, 2.24) is 5.16 Å². The van der Waals surface area contributed by atoms with Crippen LogP contribution in [-0.4, -0.2) is 35.7 Å². The van der Waals surface area contributed by atoms with Crippen LogP contribution in [0.5, 0.6) is 5.75 Å². The summed E-state index contributed by atoms with van der Waals surface area (Å²) >= 11 is 0. The number of anilines is 1. The molecule has 0 fully saturated rings. The minimum absolute atomic E-state index is 0.0974. The van der Waals surface area contributed by atoms with Crippen LogP contribution in [0, 0.1) is 10.1 Å². The third kappa shape index (κ3) is 4.23. The normalized spacial score (nSPS) is 10.5. The first kappa shape index (κ1) is 18.8. The van der Waals surface area contributed by atoms with Gasteiger partial charge >= 0.3 is 5.97 Å². The van der Waals surface area contributed by atoms with Gasteiger partial charge in [0.1, 0.15) is 11.4 Å². The van der Waals surface area contributed by atoms with Crippen molar-refractivity contribution in [2.45, 2.75) is 6.42 Å². The summed E-state index contributed by atoms with van der Waals surface area (Å²) in [6.07, 6.45) is -0.162. The van der Waals surface area contributed by atoms with Gasteiger partial charge in [-0.15, -0.1) is 0 Å². The number of fused-ring (bicyclic) bond motifs is 1. The van der Waals surface area contributed by atoms with E-state index in [0.29, 0.717) is 16.7 Å². The first-order valence-electron chi connectivity index (χ1n) is 8.09. The molecule has 0 aliphatic rings. The highest BCUT2D eigenvalue weighted by Crippen LogP contribution is 2.28. The van der Waals surface area contributed by atoms with Crippen molar-refractivity contribution in [1.29, 1.82) is 0 Å². The quantitative estimate of drug-likeness (QED) is 0.372. The van der Waals surface area contributed by atoms with E-state index in [1.165, 1.54) is 19.2 Å². The first-order chi connectivity index (χ1) is 13.5. The highest BCUT2D eigenvalue weighted by molar-refractivity contribution is 5.94. The summed E-state index contributed by atoms with van der Waals surface area (Å²) in [4.78, 5) is 34.3. The fraction of sp³-hybridized carbons (Fsp3) is 0.167. The van der Waals surface area contributed by atoms with Crippen LogP contribution in [0.3, 0.4) is 0 Å². The van der Waals surface area contributed by atoms with Crippen LogP contribution in [0.4, 0.5) is 11.4 Å². The van der Waals surface area contributed by atoms with E-state index in [1.807, 2.05) is 0 Å².